The first-order valence-electron chi connectivity index (χ1n) is 10.4. The molecule has 8 heteroatoms. The maximum atomic E-state index is 13.6. The van der Waals surface area contributed by atoms with Crippen LogP contribution in [-0.2, 0) is 4.74 Å². The first-order valence-corrected chi connectivity index (χ1v) is 11.5. The van der Waals surface area contributed by atoms with Gasteiger partial charge in [0.2, 0.25) is 0 Å². The van der Waals surface area contributed by atoms with Crippen LogP contribution in [-0.4, -0.2) is 64.4 Å². The smallest absolute Gasteiger partial charge is 0.329 e. The first kappa shape index (κ1) is 20.2. The van der Waals surface area contributed by atoms with E-state index in [0.29, 0.717) is 43.3 Å². The number of ketones is 1. The van der Waals surface area contributed by atoms with Crippen molar-refractivity contribution in [3.63, 3.8) is 0 Å². The van der Waals surface area contributed by atoms with Crippen LogP contribution in [0.3, 0.4) is 0 Å². The zero-order valence-electron chi connectivity index (χ0n) is 17.3. The molecule has 5 rings (SSSR count). The third kappa shape index (κ3) is 3.64. The van der Waals surface area contributed by atoms with E-state index in [2.05, 4.69) is 10.3 Å². The number of carbonyl (C=O) groups is 2. The minimum atomic E-state index is -0.313. The van der Waals surface area contributed by atoms with Crippen molar-refractivity contribution in [1.82, 2.24) is 19.8 Å². The maximum Gasteiger partial charge on any atom is 0.329 e. The number of nitrogens with zero attached hydrogens (tertiary/aromatic N) is 3. The van der Waals surface area contributed by atoms with Crippen molar-refractivity contribution in [2.24, 2.45) is 0 Å². The summed E-state index contributed by atoms with van der Waals surface area (Å²) in [7, 11) is 0. The quantitative estimate of drug-likeness (QED) is 0.636. The zero-order chi connectivity index (χ0) is 21.4. The van der Waals surface area contributed by atoms with Crippen LogP contribution in [0.15, 0.2) is 48.8 Å². The maximum absolute atomic E-state index is 13.6. The van der Waals surface area contributed by atoms with Gasteiger partial charge >= 0.3 is 6.03 Å². The van der Waals surface area contributed by atoms with Gasteiger partial charge in [0.25, 0.3) is 0 Å². The Bertz CT molecular complexity index is 1120. The first-order chi connectivity index (χ1) is 15.1. The number of hydrogen-bond donors (Lipinski definition) is 1. The molecule has 2 fully saturated rings. The van der Waals surface area contributed by atoms with E-state index in [-0.39, 0.29) is 23.2 Å². The predicted molar refractivity (Wildman–Crippen MR) is 121 cm³/mol. The predicted octanol–water partition coefficient (Wildman–Crippen LogP) is 3.23. The summed E-state index contributed by atoms with van der Waals surface area (Å²) in [5, 5.41) is 4.31. The van der Waals surface area contributed by atoms with Crippen molar-refractivity contribution in [3.05, 3.63) is 65.6 Å². The Morgan fingerprint density at radius 1 is 1.16 bits per heavy atom. The Balaban J connectivity index is 1.48. The summed E-state index contributed by atoms with van der Waals surface area (Å²) in [5.41, 5.74) is 3.15. The molecular formula is C23H24N4O3S. The molecule has 7 nitrogen and oxygen atoms in total. The molecule has 1 unspecified atom stereocenters. The second kappa shape index (κ2) is 8.45. The highest BCUT2D eigenvalue weighted by molar-refractivity contribution is 7.99. The number of carbonyl (C=O) groups excluding carboxylic acids is 2. The molecule has 4 heterocycles. The number of nitrogens with one attached hydrogen (secondary N) is 1. The second-order valence-corrected chi connectivity index (χ2v) is 8.92. The van der Waals surface area contributed by atoms with E-state index < -0.39 is 0 Å². The number of para-hydroxylation sites is 1. The van der Waals surface area contributed by atoms with Gasteiger partial charge in [0, 0.05) is 47.9 Å². The van der Waals surface area contributed by atoms with Gasteiger partial charge in [-0.2, -0.15) is 0 Å². The summed E-state index contributed by atoms with van der Waals surface area (Å²) in [6.45, 7) is 4.05. The van der Waals surface area contributed by atoms with Crippen molar-refractivity contribution in [2.45, 2.75) is 18.3 Å². The molecule has 0 aliphatic carbocycles. The largest absolute Gasteiger partial charge is 0.378 e. The molecule has 2 aromatic heterocycles. The average molecular weight is 437 g/mol. The van der Waals surface area contributed by atoms with Gasteiger partial charge in [-0.1, -0.05) is 24.3 Å². The molecule has 0 radical (unpaired) electrons. The van der Waals surface area contributed by atoms with E-state index in [1.807, 2.05) is 49.5 Å². The monoisotopic (exact) mass is 436 g/mol. The normalized spacial score (nSPS) is 21.5. The fraction of sp³-hybridized carbons (Fsp3) is 0.348. The molecule has 2 aliphatic rings. The standard InChI is InChI=1S/C23H24N4O3S/c1-15-20(21(28)18-14-31-22(25-18)16-5-4-8-24-13-16)17-6-2-3-7-19(17)27(15)23(29)26-9-11-30-12-10-26/h2-8,13,18,22,25H,9-12,14H2,1H3/t18-,22?/m0/s1. The number of amides is 1. The molecule has 2 aliphatic heterocycles. The lowest BCUT2D eigenvalue weighted by molar-refractivity contribution is 0.0537. The van der Waals surface area contributed by atoms with Gasteiger partial charge in [0.15, 0.2) is 5.78 Å². The average Bonchev–Trinajstić information content (AvgIpc) is 3.42. The summed E-state index contributed by atoms with van der Waals surface area (Å²) in [5.74, 6) is 0.704. The zero-order valence-corrected chi connectivity index (χ0v) is 18.1. The SMILES string of the molecule is Cc1c(C(=O)[C@@H]2CSC(c3cccnc3)N2)c2ccccc2n1C(=O)N1CCOCC1. The van der Waals surface area contributed by atoms with Crippen LogP contribution in [0.4, 0.5) is 4.79 Å². The summed E-state index contributed by atoms with van der Waals surface area (Å²) in [6.07, 6.45) is 3.57. The fourth-order valence-corrected chi connectivity index (χ4v) is 5.57. The topological polar surface area (TPSA) is 76.5 Å². The lowest BCUT2D eigenvalue weighted by atomic mass is 10.0. The van der Waals surface area contributed by atoms with E-state index in [4.69, 9.17) is 4.74 Å². The van der Waals surface area contributed by atoms with Crippen molar-refractivity contribution in [1.29, 1.82) is 0 Å². The van der Waals surface area contributed by atoms with Gasteiger partial charge in [0.05, 0.1) is 30.1 Å². The highest BCUT2D eigenvalue weighted by Gasteiger charge is 2.35. The Hall–Kier alpha value is -2.68. The fourth-order valence-electron chi connectivity index (χ4n) is 4.34. The lowest BCUT2D eigenvalue weighted by Gasteiger charge is -2.27. The Kier molecular flexibility index (Phi) is 5.52. The van der Waals surface area contributed by atoms with Crippen LogP contribution in [0.5, 0.6) is 0 Å². The molecule has 1 aromatic carbocycles. The summed E-state index contributed by atoms with van der Waals surface area (Å²) in [4.78, 5) is 32.9. The number of Topliss-reactive ketones (excluding diaryl/α,β-unsaturated/α-hetero) is 1. The molecule has 0 spiro atoms. The van der Waals surface area contributed by atoms with E-state index in [1.165, 1.54) is 0 Å². The number of hydrogen-bond acceptors (Lipinski definition) is 6. The molecule has 1 amide bonds. The van der Waals surface area contributed by atoms with Crippen molar-refractivity contribution >= 4 is 34.5 Å². The number of aromatic nitrogens is 2. The van der Waals surface area contributed by atoms with Crippen LogP contribution in [0, 0.1) is 6.92 Å². The van der Waals surface area contributed by atoms with Gasteiger partial charge in [-0.15, -0.1) is 11.8 Å². The molecule has 160 valence electrons. The van der Waals surface area contributed by atoms with E-state index in [0.717, 1.165) is 16.5 Å². The van der Waals surface area contributed by atoms with Gasteiger partial charge < -0.3 is 9.64 Å². The van der Waals surface area contributed by atoms with Crippen LogP contribution >= 0.6 is 11.8 Å². The van der Waals surface area contributed by atoms with Crippen LogP contribution in [0.1, 0.15) is 27.0 Å². The minimum Gasteiger partial charge on any atom is -0.378 e. The molecule has 31 heavy (non-hydrogen) atoms. The van der Waals surface area contributed by atoms with E-state index >= 15 is 0 Å². The third-order valence-electron chi connectivity index (χ3n) is 5.92. The number of benzene rings is 1. The highest BCUT2D eigenvalue weighted by atomic mass is 32.2. The molecule has 3 aromatic rings. The van der Waals surface area contributed by atoms with Gasteiger partial charge in [0.1, 0.15) is 0 Å². The van der Waals surface area contributed by atoms with Gasteiger partial charge in [-0.05, 0) is 24.6 Å². The number of morpholine rings is 1. The van der Waals surface area contributed by atoms with Crippen molar-refractivity contribution < 1.29 is 14.3 Å². The molecule has 2 saturated heterocycles. The molecule has 2 atom stereocenters. The van der Waals surface area contributed by atoms with Crippen molar-refractivity contribution in [2.75, 3.05) is 32.1 Å². The second-order valence-electron chi connectivity index (χ2n) is 7.78. The van der Waals surface area contributed by atoms with Crippen LogP contribution in [0.2, 0.25) is 0 Å². The number of fused-ring (bicyclic) bond motifs is 1. The number of pyridine rings is 1. The summed E-state index contributed by atoms with van der Waals surface area (Å²) >= 11 is 1.71. The van der Waals surface area contributed by atoms with Crippen LogP contribution < -0.4 is 5.32 Å². The van der Waals surface area contributed by atoms with Gasteiger partial charge in [-0.25, -0.2) is 4.79 Å². The van der Waals surface area contributed by atoms with E-state index in [1.54, 1.807) is 27.4 Å². The Morgan fingerprint density at radius 2 is 1.97 bits per heavy atom. The third-order valence-corrected chi connectivity index (χ3v) is 7.18. The Labute approximate surface area is 184 Å². The number of rotatable bonds is 3. The summed E-state index contributed by atoms with van der Waals surface area (Å²) in [6, 6.07) is 11.2. The molecule has 0 bridgehead atoms. The molecular weight excluding hydrogens is 412 g/mol. The Morgan fingerprint density at radius 3 is 2.74 bits per heavy atom. The molecule has 0 saturated carbocycles. The van der Waals surface area contributed by atoms with Gasteiger partial charge in [-0.3, -0.25) is 19.7 Å². The van der Waals surface area contributed by atoms with Crippen molar-refractivity contribution in [3.8, 4) is 0 Å². The summed E-state index contributed by atoms with van der Waals surface area (Å²) < 4.78 is 7.08. The van der Waals surface area contributed by atoms with Crippen LogP contribution in [0.25, 0.3) is 10.9 Å². The molecule has 1 N–H and O–H groups in total. The highest BCUT2D eigenvalue weighted by Crippen LogP contribution is 2.35. The lowest BCUT2D eigenvalue weighted by Crippen LogP contribution is -2.43. The minimum absolute atomic E-state index is 0.0288. The number of thioether (sulfide) groups is 1. The van der Waals surface area contributed by atoms with E-state index in [9.17, 15) is 9.59 Å². The number of ether oxygens (including phenoxy) is 1.